The lowest BCUT2D eigenvalue weighted by atomic mass is 9.79. The van der Waals surface area contributed by atoms with E-state index in [1.54, 1.807) is 0 Å². The van der Waals surface area contributed by atoms with Crippen LogP contribution in [0.2, 0.25) is 0 Å². The van der Waals surface area contributed by atoms with E-state index >= 15 is 0 Å². The Morgan fingerprint density at radius 1 is 1.00 bits per heavy atom. The fraction of sp³-hybridized carbons (Fsp3) is 0.542. The lowest BCUT2D eigenvalue weighted by Crippen LogP contribution is -2.31. The highest BCUT2D eigenvalue weighted by molar-refractivity contribution is 5.77. The van der Waals surface area contributed by atoms with Gasteiger partial charge in [0.05, 0.1) is 11.4 Å². The molecule has 1 aliphatic carbocycles. The maximum Gasteiger partial charge on any atom is 0.135 e. The number of hydrogen-bond donors (Lipinski definition) is 1. The summed E-state index contributed by atoms with van der Waals surface area (Å²) in [7, 11) is 0. The lowest BCUT2D eigenvalue weighted by molar-refractivity contribution is 0.260. The predicted molar refractivity (Wildman–Crippen MR) is 115 cm³/mol. The highest BCUT2D eigenvalue weighted by Crippen LogP contribution is 2.38. The Bertz CT molecular complexity index is 734. The van der Waals surface area contributed by atoms with E-state index in [-0.39, 0.29) is 0 Å². The maximum absolute atomic E-state index is 4.57. The molecule has 0 amide bonds. The van der Waals surface area contributed by atoms with Crippen LogP contribution in [-0.2, 0) is 6.54 Å². The zero-order valence-corrected chi connectivity index (χ0v) is 16.7. The fourth-order valence-electron chi connectivity index (χ4n) is 4.81. The molecule has 1 saturated carbocycles. The number of para-hydroxylation sites is 2. The van der Waals surface area contributed by atoms with Gasteiger partial charge in [-0.05, 0) is 42.9 Å². The Morgan fingerprint density at radius 3 is 2.67 bits per heavy atom. The third-order valence-corrected chi connectivity index (χ3v) is 6.41. The van der Waals surface area contributed by atoms with Gasteiger partial charge in [-0.2, -0.15) is 0 Å². The summed E-state index contributed by atoms with van der Waals surface area (Å²) in [5.74, 6) is 2.81. The van der Waals surface area contributed by atoms with Gasteiger partial charge < -0.3 is 10.2 Å². The minimum Gasteiger partial charge on any atom is -0.365 e. The molecule has 4 rings (SSSR count). The molecule has 1 aliphatic heterocycles. The van der Waals surface area contributed by atoms with E-state index in [0.717, 1.165) is 30.7 Å². The van der Waals surface area contributed by atoms with Gasteiger partial charge in [0.15, 0.2) is 0 Å². The molecule has 2 aliphatic rings. The summed E-state index contributed by atoms with van der Waals surface area (Å²) in [5, 5.41) is 3.55. The van der Waals surface area contributed by atoms with Crippen LogP contribution in [0.1, 0.15) is 63.9 Å². The molecule has 27 heavy (non-hydrogen) atoms. The van der Waals surface area contributed by atoms with Gasteiger partial charge >= 0.3 is 0 Å². The highest BCUT2D eigenvalue weighted by atomic mass is 15.2. The standard InChI is InChI=1S/C24H33N3/c1-2-3-4-8-19-12-14-20(15-13-19)17-27-18-21-9-7-16-25-24(21)26-22-10-5-6-11-23(22)27/h5-7,9-11,16,19-20H,2-4,8,12-15,17-18H2,1H3,(H,25,26). The number of pyridine rings is 1. The van der Waals surface area contributed by atoms with E-state index in [0.29, 0.717) is 0 Å². The summed E-state index contributed by atoms with van der Waals surface area (Å²) < 4.78 is 0. The van der Waals surface area contributed by atoms with Crippen molar-refractivity contribution in [3.8, 4) is 0 Å². The Morgan fingerprint density at radius 2 is 1.81 bits per heavy atom. The first-order chi connectivity index (χ1) is 13.3. The van der Waals surface area contributed by atoms with E-state index in [1.807, 2.05) is 6.20 Å². The van der Waals surface area contributed by atoms with Crippen LogP contribution >= 0.6 is 0 Å². The van der Waals surface area contributed by atoms with Crippen LogP contribution in [0.4, 0.5) is 17.2 Å². The Balaban J connectivity index is 1.43. The maximum atomic E-state index is 4.57. The molecule has 1 fully saturated rings. The van der Waals surface area contributed by atoms with Crippen LogP contribution in [0.25, 0.3) is 0 Å². The monoisotopic (exact) mass is 363 g/mol. The molecule has 3 heteroatoms. The SMILES string of the molecule is CCCCCC1CCC(CN2Cc3cccnc3Nc3ccccc32)CC1. The molecule has 0 unspecified atom stereocenters. The molecule has 1 aromatic heterocycles. The van der Waals surface area contributed by atoms with Gasteiger partial charge in [-0.3, -0.25) is 0 Å². The number of nitrogens with zero attached hydrogens (tertiary/aromatic N) is 2. The number of nitrogens with one attached hydrogen (secondary N) is 1. The number of fused-ring (bicyclic) bond motifs is 2. The summed E-state index contributed by atoms with van der Waals surface area (Å²) in [5.41, 5.74) is 3.80. The van der Waals surface area contributed by atoms with Crippen LogP contribution < -0.4 is 10.2 Å². The van der Waals surface area contributed by atoms with Crippen molar-refractivity contribution >= 4 is 17.2 Å². The average Bonchev–Trinajstić information content (AvgIpc) is 2.86. The molecule has 0 spiro atoms. The average molecular weight is 364 g/mol. The topological polar surface area (TPSA) is 28.2 Å². The molecule has 0 radical (unpaired) electrons. The second-order valence-corrected chi connectivity index (χ2v) is 8.42. The van der Waals surface area contributed by atoms with Gasteiger partial charge in [-0.25, -0.2) is 4.98 Å². The lowest BCUT2D eigenvalue weighted by Gasteiger charge is -2.34. The predicted octanol–water partition coefficient (Wildman–Crippen LogP) is 6.53. The van der Waals surface area contributed by atoms with Crippen LogP contribution in [0.15, 0.2) is 42.6 Å². The summed E-state index contributed by atoms with van der Waals surface area (Å²) in [6, 6.07) is 13.0. The van der Waals surface area contributed by atoms with Crippen molar-refractivity contribution < 1.29 is 0 Å². The quantitative estimate of drug-likeness (QED) is 0.591. The van der Waals surface area contributed by atoms with Crippen LogP contribution in [0, 0.1) is 11.8 Å². The van der Waals surface area contributed by atoms with Crippen LogP contribution in [-0.4, -0.2) is 11.5 Å². The third kappa shape index (κ3) is 4.45. The van der Waals surface area contributed by atoms with Crippen molar-refractivity contribution in [2.75, 3.05) is 16.8 Å². The molecular formula is C24H33N3. The van der Waals surface area contributed by atoms with Crippen molar-refractivity contribution in [3.63, 3.8) is 0 Å². The molecular weight excluding hydrogens is 330 g/mol. The first-order valence-corrected chi connectivity index (χ1v) is 10.9. The van der Waals surface area contributed by atoms with Crippen LogP contribution in [0.5, 0.6) is 0 Å². The van der Waals surface area contributed by atoms with E-state index in [9.17, 15) is 0 Å². The van der Waals surface area contributed by atoms with E-state index < -0.39 is 0 Å². The van der Waals surface area contributed by atoms with Gasteiger partial charge in [-0.1, -0.05) is 63.6 Å². The Kier molecular flexibility index (Phi) is 5.96. The largest absolute Gasteiger partial charge is 0.365 e. The normalized spacial score (nSPS) is 21.7. The van der Waals surface area contributed by atoms with Crippen LogP contribution in [0.3, 0.4) is 0 Å². The van der Waals surface area contributed by atoms with E-state index in [1.165, 1.54) is 68.3 Å². The molecule has 2 aromatic rings. The number of hydrogen-bond acceptors (Lipinski definition) is 3. The molecule has 2 heterocycles. The minimum absolute atomic E-state index is 0.818. The number of aromatic nitrogens is 1. The molecule has 3 nitrogen and oxygen atoms in total. The van der Waals surface area contributed by atoms with Gasteiger partial charge in [0.2, 0.25) is 0 Å². The molecule has 0 atom stereocenters. The molecule has 1 aromatic carbocycles. The van der Waals surface area contributed by atoms with E-state index in [4.69, 9.17) is 0 Å². The van der Waals surface area contributed by atoms with Gasteiger partial charge in [0.1, 0.15) is 5.82 Å². The summed E-state index contributed by atoms with van der Waals surface area (Å²) >= 11 is 0. The number of unbranched alkanes of at least 4 members (excludes halogenated alkanes) is 2. The summed E-state index contributed by atoms with van der Waals surface area (Å²) in [6.45, 7) is 4.41. The zero-order chi connectivity index (χ0) is 18.5. The van der Waals surface area contributed by atoms with Gasteiger partial charge in [0.25, 0.3) is 0 Å². The smallest absolute Gasteiger partial charge is 0.135 e. The number of anilines is 3. The Labute approximate surface area is 164 Å². The molecule has 144 valence electrons. The van der Waals surface area contributed by atoms with Crippen molar-refractivity contribution in [1.82, 2.24) is 4.98 Å². The van der Waals surface area contributed by atoms with E-state index in [2.05, 4.69) is 58.5 Å². The third-order valence-electron chi connectivity index (χ3n) is 6.41. The second kappa shape index (κ2) is 8.77. The van der Waals surface area contributed by atoms with Gasteiger partial charge in [-0.15, -0.1) is 0 Å². The second-order valence-electron chi connectivity index (χ2n) is 8.42. The van der Waals surface area contributed by atoms with Crippen molar-refractivity contribution in [2.45, 2.75) is 64.8 Å². The van der Waals surface area contributed by atoms with Crippen molar-refractivity contribution in [3.05, 3.63) is 48.2 Å². The van der Waals surface area contributed by atoms with Crippen molar-refractivity contribution in [1.29, 1.82) is 0 Å². The molecule has 0 bridgehead atoms. The number of benzene rings is 1. The highest BCUT2D eigenvalue weighted by Gasteiger charge is 2.25. The Hall–Kier alpha value is -2.03. The van der Waals surface area contributed by atoms with Gasteiger partial charge in [0, 0.05) is 24.8 Å². The molecule has 1 N–H and O–H groups in total. The fourth-order valence-corrected chi connectivity index (χ4v) is 4.81. The van der Waals surface area contributed by atoms with Crippen molar-refractivity contribution in [2.24, 2.45) is 11.8 Å². The summed E-state index contributed by atoms with van der Waals surface area (Å²) in [6.07, 6.45) is 13.2. The first kappa shape index (κ1) is 18.3. The zero-order valence-electron chi connectivity index (χ0n) is 16.7. The minimum atomic E-state index is 0.818. The summed E-state index contributed by atoms with van der Waals surface area (Å²) in [4.78, 5) is 7.15. The number of rotatable bonds is 6. The first-order valence-electron chi connectivity index (χ1n) is 10.9. The molecule has 0 saturated heterocycles.